The van der Waals surface area contributed by atoms with E-state index in [2.05, 4.69) is 5.32 Å². The summed E-state index contributed by atoms with van der Waals surface area (Å²) in [6.07, 6.45) is 1.66. The van der Waals surface area contributed by atoms with Crippen LogP contribution in [-0.2, 0) is 17.3 Å². The van der Waals surface area contributed by atoms with Gasteiger partial charge in [0.25, 0.3) is 0 Å². The van der Waals surface area contributed by atoms with E-state index >= 15 is 0 Å². The smallest absolute Gasteiger partial charge is 0.311 e. The molecule has 0 amide bonds. The van der Waals surface area contributed by atoms with Crippen LogP contribution >= 0.6 is 11.6 Å². The van der Waals surface area contributed by atoms with Crippen molar-refractivity contribution in [3.8, 4) is 11.5 Å². The Morgan fingerprint density at radius 2 is 1.77 bits per heavy atom. The Morgan fingerprint density at radius 1 is 1.07 bits per heavy atom. The van der Waals surface area contributed by atoms with Crippen LogP contribution < -0.4 is 10.1 Å². The van der Waals surface area contributed by atoms with Gasteiger partial charge in [-0.3, -0.25) is 14.3 Å². The second kappa shape index (κ2) is 10.3. The number of nitro groups is 1. The van der Waals surface area contributed by atoms with Crippen molar-refractivity contribution in [2.45, 2.75) is 12.6 Å². The highest BCUT2D eigenvalue weighted by molar-refractivity contribution is 7.84. The molecule has 3 aromatic rings. The summed E-state index contributed by atoms with van der Waals surface area (Å²) in [5.41, 5.74) is 1.58. The van der Waals surface area contributed by atoms with Gasteiger partial charge in [0, 0.05) is 41.5 Å². The van der Waals surface area contributed by atoms with Crippen LogP contribution in [0, 0.1) is 10.1 Å². The van der Waals surface area contributed by atoms with Crippen molar-refractivity contribution in [1.29, 1.82) is 0 Å². The van der Waals surface area contributed by atoms with Crippen LogP contribution in [0.3, 0.4) is 0 Å². The van der Waals surface area contributed by atoms with E-state index in [0.29, 0.717) is 23.1 Å². The number of nitrogens with zero attached hydrogens (tertiary/aromatic N) is 1. The zero-order chi connectivity index (χ0) is 21.5. The summed E-state index contributed by atoms with van der Waals surface area (Å²) in [6, 6.07) is 21.2. The molecule has 0 bridgehead atoms. The lowest BCUT2D eigenvalue weighted by molar-refractivity contribution is -0.385. The summed E-state index contributed by atoms with van der Waals surface area (Å²) in [6.45, 7) is 0.379. The standard InChI is InChI=1S/C22H21ClN2O4S/c1-30(28)15-19(17-7-3-2-4-8-17)24-14-16-11-12-22(20(13-16)25(26)27)29-21-10-6-5-9-18(21)23/h2-13,19,24H,14-15H2,1H3/t19-,30-/m1/s1. The highest BCUT2D eigenvalue weighted by Crippen LogP contribution is 2.35. The Bertz CT molecular complexity index is 1050. The molecule has 2 atom stereocenters. The molecule has 0 saturated carbocycles. The van der Waals surface area contributed by atoms with Crippen LogP contribution in [0.15, 0.2) is 72.8 Å². The summed E-state index contributed by atoms with van der Waals surface area (Å²) in [5.74, 6) is 0.911. The topological polar surface area (TPSA) is 81.5 Å². The molecule has 0 fully saturated rings. The highest BCUT2D eigenvalue weighted by Gasteiger charge is 2.19. The monoisotopic (exact) mass is 444 g/mol. The first kappa shape index (κ1) is 22.0. The van der Waals surface area contributed by atoms with Crippen LogP contribution in [0.4, 0.5) is 5.69 Å². The number of ether oxygens (including phenoxy) is 1. The van der Waals surface area contributed by atoms with Gasteiger partial charge in [-0.05, 0) is 29.3 Å². The van der Waals surface area contributed by atoms with Crippen LogP contribution in [0.2, 0.25) is 5.02 Å². The van der Waals surface area contributed by atoms with Crippen molar-refractivity contribution >= 4 is 28.1 Å². The molecular formula is C22H21ClN2O4S. The average molecular weight is 445 g/mol. The molecule has 0 aliphatic rings. The Morgan fingerprint density at radius 3 is 2.43 bits per heavy atom. The third-order valence-electron chi connectivity index (χ3n) is 4.43. The van der Waals surface area contributed by atoms with Gasteiger partial charge in [-0.15, -0.1) is 0 Å². The van der Waals surface area contributed by atoms with E-state index < -0.39 is 15.7 Å². The van der Waals surface area contributed by atoms with Crippen molar-refractivity contribution in [3.05, 3.63) is 99.1 Å². The van der Waals surface area contributed by atoms with Gasteiger partial charge in [0.05, 0.1) is 9.95 Å². The minimum absolute atomic E-state index is 0.117. The molecule has 0 aromatic heterocycles. The first-order valence-electron chi connectivity index (χ1n) is 9.22. The predicted octanol–water partition coefficient (Wildman–Crippen LogP) is 5.25. The molecule has 30 heavy (non-hydrogen) atoms. The molecule has 0 unspecified atom stereocenters. The minimum Gasteiger partial charge on any atom is -0.449 e. The number of hydrogen-bond donors (Lipinski definition) is 1. The maximum Gasteiger partial charge on any atom is 0.311 e. The van der Waals surface area contributed by atoms with Gasteiger partial charge in [-0.1, -0.05) is 60.1 Å². The predicted molar refractivity (Wildman–Crippen MR) is 120 cm³/mol. The summed E-state index contributed by atoms with van der Waals surface area (Å²) in [5, 5.41) is 15.3. The lowest BCUT2D eigenvalue weighted by Gasteiger charge is -2.18. The fourth-order valence-electron chi connectivity index (χ4n) is 2.98. The maximum absolute atomic E-state index is 11.8. The van der Waals surface area contributed by atoms with Gasteiger partial charge in [0.1, 0.15) is 5.75 Å². The number of nitro benzene ring substituents is 1. The van der Waals surface area contributed by atoms with E-state index in [1.54, 1.807) is 42.7 Å². The first-order valence-corrected chi connectivity index (χ1v) is 11.3. The Balaban J connectivity index is 1.79. The summed E-state index contributed by atoms with van der Waals surface area (Å²) in [7, 11) is -0.998. The lowest BCUT2D eigenvalue weighted by Crippen LogP contribution is -2.25. The number of para-hydroxylation sites is 1. The Labute approximate surface area is 182 Å². The number of nitrogens with one attached hydrogen (secondary N) is 1. The Hall–Kier alpha value is -2.74. The van der Waals surface area contributed by atoms with Gasteiger partial charge >= 0.3 is 5.69 Å². The molecule has 6 nitrogen and oxygen atoms in total. The summed E-state index contributed by atoms with van der Waals surface area (Å²) < 4.78 is 17.5. The van der Waals surface area contributed by atoms with Gasteiger partial charge in [-0.25, -0.2) is 0 Å². The average Bonchev–Trinajstić information content (AvgIpc) is 2.73. The quantitative estimate of drug-likeness (QED) is 0.360. The minimum atomic E-state index is -0.998. The fraction of sp³-hybridized carbons (Fsp3) is 0.182. The van der Waals surface area contributed by atoms with Gasteiger partial charge < -0.3 is 10.1 Å². The van der Waals surface area contributed by atoms with Crippen molar-refractivity contribution in [2.75, 3.05) is 12.0 Å². The number of hydrogen-bond acceptors (Lipinski definition) is 5. The van der Waals surface area contributed by atoms with E-state index in [9.17, 15) is 14.3 Å². The molecule has 0 spiro atoms. The second-order valence-corrected chi connectivity index (χ2v) is 8.56. The zero-order valence-electron chi connectivity index (χ0n) is 16.3. The van der Waals surface area contributed by atoms with E-state index in [4.69, 9.17) is 16.3 Å². The van der Waals surface area contributed by atoms with E-state index in [-0.39, 0.29) is 17.5 Å². The third kappa shape index (κ3) is 5.89. The molecule has 3 aromatic carbocycles. The first-order chi connectivity index (χ1) is 14.4. The highest BCUT2D eigenvalue weighted by atomic mass is 35.5. The van der Waals surface area contributed by atoms with Gasteiger partial charge in [0.15, 0.2) is 0 Å². The number of halogens is 1. The van der Waals surface area contributed by atoms with Crippen LogP contribution in [0.1, 0.15) is 17.2 Å². The molecule has 0 aliphatic carbocycles. The molecule has 0 heterocycles. The van der Waals surface area contributed by atoms with Crippen molar-refractivity contribution in [2.24, 2.45) is 0 Å². The molecule has 1 N–H and O–H groups in total. The number of benzene rings is 3. The summed E-state index contributed by atoms with van der Waals surface area (Å²) in [4.78, 5) is 11.1. The SMILES string of the molecule is C[S@@](=O)C[C@@H](NCc1ccc(Oc2ccccc2Cl)c([N+](=O)[O-])c1)c1ccccc1. The van der Waals surface area contributed by atoms with Crippen molar-refractivity contribution in [3.63, 3.8) is 0 Å². The molecular weight excluding hydrogens is 424 g/mol. The molecule has 0 radical (unpaired) electrons. The van der Waals surface area contributed by atoms with Gasteiger partial charge in [0.2, 0.25) is 5.75 Å². The molecule has 156 valence electrons. The van der Waals surface area contributed by atoms with Crippen LogP contribution in [0.5, 0.6) is 11.5 Å². The molecule has 0 saturated heterocycles. The molecule has 3 rings (SSSR count). The van der Waals surface area contributed by atoms with Crippen molar-refractivity contribution < 1.29 is 13.9 Å². The zero-order valence-corrected chi connectivity index (χ0v) is 17.9. The summed E-state index contributed by atoms with van der Waals surface area (Å²) >= 11 is 6.09. The normalized spacial score (nSPS) is 12.9. The molecule has 8 heteroatoms. The van der Waals surface area contributed by atoms with Crippen LogP contribution in [0.25, 0.3) is 0 Å². The second-order valence-electron chi connectivity index (χ2n) is 6.68. The number of rotatable bonds is 9. The van der Waals surface area contributed by atoms with E-state index in [1.807, 2.05) is 30.3 Å². The van der Waals surface area contributed by atoms with Gasteiger partial charge in [-0.2, -0.15) is 0 Å². The van der Waals surface area contributed by atoms with E-state index in [1.165, 1.54) is 6.07 Å². The maximum atomic E-state index is 11.8. The lowest BCUT2D eigenvalue weighted by atomic mass is 10.1. The molecule has 0 aliphatic heterocycles. The third-order valence-corrected chi connectivity index (χ3v) is 5.55. The largest absolute Gasteiger partial charge is 0.449 e. The van der Waals surface area contributed by atoms with Crippen LogP contribution in [-0.4, -0.2) is 21.1 Å². The van der Waals surface area contributed by atoms with E-state index in [0.717, 1.165) is 11.1 Å². The fourth-order valence-corrected chi connectivity index (χ4v) is 3.94. The Kier molecular flexibility index (Phi) is 7.57. The van der Waals surface area contributed by atoms with Crippen molar-refractivity contribution in [1.82, 2.24) is 5.32 Å².